The molecule has 1 saturated heterocycles. The SMILES string of the molecule is COc1ccc(S(C)(=O)=O)cc1C(=O)NN1CCCCC1Cc1ccccc1.Cl. The highest BCUT2D eigenvalue weighted by Gasteiger charge is 2.26. The summed E-state index contributed by atoms with van der Waals surface area (Å²) in [5.41, 5.74) is 4.42. The van der Waals surface area contributed by atoms with Gasteiger partial charge < -0.3 is 4.74 Å². The number of benzene rings is 2. The Morgan fingerprint density at radius 1 is 1.17 bits per heavy atom. The average molecular weight is 439 g/mol. The van der Waals surface area contributed by atoms with Gasteiger partial charge in [-0.05, 0) is 43.0 Å². The average Bonchev–Trinajstić information content (AvgIpc) is 2.69. The molecule has 1 atom stereocenters. The monoisotopic (exact) mass is 438 g/mol. The van der Waals surface area contributed by atoms with Crippen molar-refractivity contribution < 1.29 is 17.9 Å². The fourth-order valence-electron chi connectivity index (χ4n) is 3.53. The van der Waals surface area contributed by atoms with Crippen molar-refractivity contribution in [2.75, 3.05) is 19.9 Å². The van der Waals surface area contributed by atoms with Crippen LogP contribution >= 0.6 is 12.4 Å². The fourth-order valence-corrected chi connectivity index (χ4v) is 4.18. The van der Waals surface area contributed by atoms with E-state index >= 15 is 0 Å². The lowest BCUT2D eigenvalue weighted by Gasteiger charge is -2.36. The summed E-state index contributed by atoms with van der Waals surface area (Å²) in [7, 11) is -1.95. The van der Waals surface area contributed by atoms with Gasteiger partial charge in [0.15, 0.2) is 9.84 Å². The van der Waals surface area contributed by atoms with E-state index in [4.69, 9.17) is 4.74 Å². The molecule has 29 heavy (non-hydrogen) atoms. The number of hydrogen-bond donors (Lipinski definition) is 1. The van der Waals surface area contributed by atoms with E-state index in [1.165, 1.54) is 30.9 Å². The van der Waals surface area contributed by atoms with E-state index in [-0.39, 0.29) is 34.8 Å². The van der Waals surface area contributed by atoms with Crippen LogP contribution in [-0.4, -0.2) is 45.3 Å². The summed E-state index contributed by atoms with van der Waals surface area (Å²) in [4.78, 5) is 13.0. The van der Waals surface area contributed by atoms with Gasteiger partial charge >= 0.3 is 0 Å². The summed E-state index contributed by atoms with van der Waals surface area (Å²) in [5, 5.41) is 1.98. The number of sulfone groups is 1. The molecule has 1 N–H and O–H groups in total. The predicted octanol–water partition coefficient (Wildman–Crippen LogP) is 3.26. The third-order valence-electron chi connectivity index (χ3n) is 5.03. The Labute approximate surface area is 178 Å². The van der Waals surface area contributed by atoms with E-state index in [2.05, 4.69) is 17.6 Å². The Hall–Kier alpha value is -2.09. The second-order valence-electron chi connectivity index (χ2n) is 7.11. The van der Waals surface area contributed by atoms with Crippen LogP contribution in [0.5, 0.6) is 5.75 Å². The van der Waals surface area contributed by atoms with Gasteiger partial charge in [0.05, 0.1) is 17.6 Å². The van der Waals surface area contributed by atoms with Crippen LogP contribution in [0.1, 0.15) is 35.2 Å². The quantitative estimate of drug-likeness (QED) is 0.749. The van der Waals surface area contributed by atoms with Crippen molar-refractivity contribution in [2.45, 2.75) is 36.6 Å². The number of halogens is 1. The minimum absolute atomic E-state index is 0. The highest BCUT2D eigenvalue weighted by molar-refractivity contribution is 7.90. The lowest BCUT2D eigenvalue weighted by atomic mass is 9.97. The first-order valence-electron chi connectivity index (χ1n) is 9.38. The normalized spacial score (nSPS) is 17.2. The molecule has 0 spiro atoms. The van der Waals surface area contributed by atoms with Crippen molar-refractivity contribution >= 4 is 28.2 Å². The predicted molar refractivity (Wildman–Crippen MR) is 115 cm³/mol. The van der Waals surface area contributed by atoms with Crippen molar-refractivity contribution in [3.05, 3.63) is 59.7 Å². The first kappa shape index (κ1) is 23.2. The zero-order valence-electron chi connectivity index (χ0n) is 16.6. The maximum absolute atomic E-state index is 12.9. The standard InChI is InChI=1S/C21H26N2O4S.ClH/c1-27-20-12-11-18(28(2,25)26)15-19(20)21(24)22-23-13-7-6-10-17(23)14-16-8-4-3-5-9-16;/h3-5,8-9,11-12,15,17H,6-7,10,13-14H2,1-2H3,(H,22,24);1H. The van der Waals surface area contributed by atoms with Crippen LogP contribution in [0.2, 0.25) is 0 Å². The Morgan fingerprint density at radius 3 is 2.55 bits per heavy atom. The number of carbonyl (C=O) groups excluding carboxylic acids is 1. The molecular formula is C21H27ClN2O4S. The first-order chi connectivity index (χ1) is 13.4. The summed E-state index contributed by atoms with van der Waals surface area (Å²) >= 11 is 0. The third kappa shape index (κ3) is 5.95. The minimum atomic E-state index is -3.42. The molecule has 0 radical (unpaired) electrons. The molecule has 2 aromatic rings. The van der Waals surface area contributed by atoms with Gasteiger partial charge in [-0.25, -0.2) is 13.4 Å². The van der Waals surface area contributed by atoms with E-state index in [1.54, 1.807) is 0 Å². The van der Waals surface area contributed by atoms with Gasteiger partial charge in [-0.3, -0.25) is 10.2 Å². The van der Waals surface area contributed by atoms with Gasteiger partial charge in [0.25, 0.3) is 5.91 Å². The van der Waals surface area contributed by atoms with Crippen molar-refractivity contribution in [1.82, 2.24) is 10.4 Å². The zero-order chi connectivity index (χ0) is 20.1. The third-order valence-corrected chi connectivity index (χ3v) is 6.14. The highest BCUT2D eigenvalue weighted by atomic mass is 35.5. The van der Waals surface area contributed by atoms with E-state index in [0.717, 1.165) is 38.5 Å². The van der Waals surface area contributed by atoms with Crippen LogP contribution in [0.15, 0.2) is 53.4 Å². The summed E-state index contributed by atoms with van der Waals surface area (Å²) < 4.78 is 29.0. The van der Waals surface area contributed by atoms with Crippen LogP contribution in [0, 0.1) is 0 Å². The largest absolute Gasteiger partial charge is 0.496 e. The highest BCUT2D eigenvalue weighted by Crippen LogP contribution is 2.24. The van der Waals surface area contributed by atoms with E-state index in [1.807, 2.05) is 23.2 Å². The zero-order valence-corrected chi connectivity index (χ0v) is 18.3. The Balaban J connectivity index is 0.00000300. The van der Waals surface area contributed by atoms with Crippen molar-refractivity contribution in [3.63, 3.8) is 0 Å². The molecule has 0 saturated carbocycles. The van der Waals surface area contributed by atoms with Crippen molar-refractivity contribution in [2.24, 2.45) is 0 Å². The number of ether oxygens (including phenoxy) is 1. The number of rotatable bonds is 6. The molecule has 158 valence electrons. The number of nitrogens with one attached hydrogen (secondary N) is 1. The van der Waals surface area contributed by atoms with Crippen LogP contribution < -0.4 is 10.2 Å². The van der Waals surface area contributed by atoms with Gasteiger partial charge in [-0.15, -0.1) is 12.4 Å². The summed E-state index contributed by atoms with van der Waals surface area (Å²) in [6.45, 7) is 0.761. The number of hydrogen-bond acceptors (Lipinski definition) is 5. The van der Waals surface area contributed by atoms with Gasteiger partial charge in [0.2, 0.25) is 0 Å². The lowest BCUT2D eigenvalue weighted by molar-refractivity contribution is 0.0570. The molecule has 1 fully saturated rings. The topological polar surface area (TPSA) is 75.7 Å². The van der Waals surface area contributed by atoms with Gasteiger partial charge in [-0.2, -0.15) is 0 Å². The Bertz CT molecular complexity index is 935. The van der Waals surface area contributed by atoms with Crippen LogP contribution in [0.25, 0.3) is 0 Å². The van der Waals surface area contributed by atoms with Crippen LogP contribution in [-0.2, 0) is 16.3 Å². The molecule has 8 heteroatoms. The van der Waals surface area contributed by atoms with Gasteiger partial charge in [0, 0.05) is 18.8 Å². The molecule has 1 unspecified atom stereocenters. The molecule has 1 aliphatic rings. The van der Waals surface area contributed by atoms with Gasteiger partial charge in [-0.1, -0.05) is 36.8 Å². The number of carbonyl (C=O) groups is 1. The number of hydrazine groups is 1. The molecule has 1 heterocycles. The van der Waals surface area contributed by atoms with E-state index in [9.17, 15) is 13.2 Å². The molecule has 1 amide bonds. The molecule has 6 nitrogen and oxygen atoms in total. The summed E-state index contributed by atoms with van der Waals surface area (Å²) in [5.74, 6) is -0.0103. The molecule has 3 rings (SSSR count). The number of methoxy groups -OCH3 is 1. The molecule has 0 bridgehead atoms. The summed E-state index contributed by atoms with van der Waals surface area (Å²) in [6, 6.07) is 14.7. The van der Waals surface area contributed by atoms with Crippen LogP contribution in [0.4, 0.5) is 0 Å². The molecule has 0 aliphatic carbocycles. The smallest absolute Gasteiger partial charge is 0.269 e. The minimum Gasteiger partial charge on any atom is -0.496 e. The Morgan fingerprint density at radius 2 is 1.90 bits per heavy atom. The second kappa shape index (κ2) is 10.1. The molecule has 1 aliphatic heterocycles. The van der Waals surface area contributed by atoms with Crippen molar-refractivity contribution in [3.8, 4) is 5.75 Å². The first-order valence-corrected chi connectivity index (χ1v) is 11.3. The second-order valence-corrected chi connectivity index (χ2v) is 9.12. The van der Waals surface area contributed by atoms with Crippen molar-refractivity contribution in [1.29, 1.82) is 0 Å². The maximum Gasteiger partial charge on any atom is 0.269 e. The van der Waals surface area contributed by atoms with E-state index in [0.29, 0.717) is 5.75 Å². The number of amides is 1. The number of nitrogens with zero attached hydrogens (tertiary/aromatic N) is 1. The van der Waals surface area contributed by atoms with E-state index < -0.39 is 9.84 Å². The molecular weight excluding hydrogens is 412 g/mol. The lowest BCUT2D eigenvalue weighted by Crippen LogP contribution is -2.51. The molecule has 0 aromatic heterocycles. The maximum atomic E-state index is 12.9. The number of piperidine rings is 1. The summed E-state index contributed by atoms with van der Waals surface area (Å²) in [6.07, 6.45) is 5.09. The Kier molecular flexibility index (Phi) is 8.07. The van der Waals surface area contributed by atoms with Crippen LogP contribution in [0.3, 0.4) is 0 Å². The molecule has 2 aromatic carbocycles. The van der Waals surface area contributed by atoms with Gasteiger partial charge in [0.1, 0.15) is 5.75 Å². The fraction of sp³-hybridized carbons (Fsp3) is 0.381.